The SMILES string of the molecule is COc1ccc(NC(=O)Cc2nnn(Cc3ccc(Br)cc3)c2C)cc1OC. The third kappa shape index (κ3) is 4.69. The van der Waals surface area contributed by atoms with E-state index in [4.69, 9.17) is 9.47 Å². The minimum absolute atomic E-state index is 0.139. The molecule has 3 aromatic rings. The van der Waals surface area contributed by atoms with Gasteiger partial charge < -0.3 is 14.8 Å². The maximum absolute atomic E-state index is 12.4. The lowest BCUT2D eigenvalue weighted by Crippen LogP contribution is -2.15. The molecule has 0 saturated heterocycles. The molecule has 0 fully saturated rings. The van der Waals surface area contributed by atoms with E-state index in [9.17, 15) is 4.79 Å². The van der Waals surface area contributed by atoms with E-state index < -0.39 is 0 Å². The number of hydrogen-bond acceptors (Lipinski definition) is 5. The molecular formula is C20H21BrN4O3. The topological polar surface area (TPSA) is 78.3 Å². The summed E-state index contributed by atoms with van der Waals surface area (Å²) in [6, 6.07) is 13.2. The van der Waals surface area contributed by atoms with Crippen molar-refractivity contribution in [2.75, 3.05) is 19.5 Å². The van der Waals surface area contributed by atoms with Crippen LogP contribution in [0.1, 0.15) is 17.0 Å². The predicted octanol–water partition coefficient (Wildman–Crippen LogP) is 3.60. The van der Waals surface area contributed by atoms with Crippen molar-refractivity contribution in [1.29, 1.82) is 0 Å². The lowest BCUT2D eigenvalue weighted by Gasteiger charge is -2.10. The van der Waals surface area contributed by atoms with Crippen LogP contribution in [0.25, 0.3) is 0 Å². The highest BCUT2D eigenvalue weighted by Gasteiger charge is 2.14. The van der Waals surface area contributed by atoms with Crippen molar-refractivity contribution in [1.82, 2.24) is 15.0 Å². The van der Waals surface area contributed by atoms with Crippen LogP contribution in [0, 0.1) is 6.92 Å². The Morgan fingerprint density at radius 3 is 2.50 bits per heavy atom. The Morgan fingerprint density at radius 1 is 1.11 bits per heavy atom. The van der Waals surface area contributed by atoms with E-state index >= 15 is 0 Å². The molecule has 0 spiro atoms. The third-order valence-electron chi connectivity index (χ3n) is 4.32. The number of halogens is 1. The van der Waals surface area contributed by atoms with Crippen LogP contribution >= 0.6 is 15.9 Å². The quantitative estimate of drug-likeness (QED) is 0.602. The Labute approximate surface area is 171 Å². The van der Waals surface area contributed by atoms with Crippen LogP contribution in [0.4, 0.5) is 5.69 Å². The molecule has 8 heteroatoms. The van der Waals surface area contributed by atoms with Gasteiger partial charge in [-0.05, 0) is 36.8 Å². The number of amides is 1. The molecule has 2 aromatic carbocycles. The molecule has 0 atom stereocenters. The summed E-state index contributed by atoms with van der Waals surface area (Å²) < 4.78 is 13.3. The van der Waals surface area contributed by atoms with Crippen molar-refractivity contribution in [2.24, 2.45) is 0 Å². The molecule has 1 heterocycles. The highest BCUT2D eigenvalue weighted by Crippen LogP contribution is 2.29. The fourth-order valence-electron chi connectivity index (χ4n) is 2.74. The molecule has 0 saturated carbocycles. The number of anilines is 1. The third-order valence-corrected chi connectivity index (χ3v) is 4.85. The molecule has 0 radical (unpaired) electrons. The number of ether oxygens (including phenoxy) is 2. The summed E-state index contributed by atoms with van der Waals surface area (Å²) >= 11 is 3.43. The number of methoxy groups -OCH3 is 2. The van der Waals surface area contributed by atoms with Gasteiger partial charge in [-0.2, -0.15) is 0 Å². The maximum Gasteiger partial charge on any atom is 0.230 e. The lowest BCUT2D eigenvalue weighted by atomic mass is 10.2. The monoisotopic (exact) mass is 444 g/mol. The average Bonchev–Trinajstić information content (AvgIpc) is 3.03. The van der Waals surface area contributed by atoms with Gasteiger partial charge in [0.25, 0.3) is 0 Å². The summed E-state index contributed by atoms with van der Waals surface area (Å²) in [5.41, 5.74) is 3.25. The number of benzene rings is 2. The zero-order valence-electron chi connectivity index (χ0n) is 15.9. The summed E-state index contributed by atoms with van der Waals surface area (Å²) in [6.07, 6.45) is 0.139. The minimum Gasteiger partial charge on any atom is -0.493 e. The van der Waals surface area contributed by atoms with E-state index in [1.54, 1.807) is 37.1 Å². The molecule has 146 valence electrons. The maximum atomic E-state index is 12.4. The van der Waals surface area contributed by atoms with Crippen molar-refractivity contribution >= 4 is 27.5 Å². The van der Waals surface area contributed by atoms with Crippen molar-refractivity contribution < 1.29 is 14.3 Å². The second-order valence-corrected chi connectivity index (χ2v) is 7.12. The highest BCUT2D eigenvalue weighted by molar-refractivity contribution is 9.10. The Balaban J connectivity index is 1.66. The zero-order valence-corrected chi connectivity index (χ0v) is 17.5. The van der Waals surface area contributed by atoms with Crippen LogP contribution in [-0.2, 0) is 17.8 Å². The summed E-state index contributed by atoms with van der Waals surface area (Å²) in [5.74, 6) is 0.982. The van der Waals surface area contributed by atoms with Gasteiger partial charge in [0, 0.05) is 16.2 Å². The van der Waals surface area contributed by atoms with Crippen LogP contribution in [0.3, 0.4) is 0 Å². The van der Waals surface area contributed by atoms with Gasteiger partial charge in [-0.3, -0.25) is 4.79 Å². The Hall–Kier alpha value is -2.87. The average molecular weight is 445 g/mol. The largest absolute Gasteiger partial charge is 0.493 e. The molecule has 0 unspecified atom stereocenters. The fraction of sp³-hybridized carbons (Fsp3) is 0.250. The summed E-state index contributed by atoms with van der Waals surface area (Å²) in [6.45, 7) is 2.52. The van der Waals surface area contributed by atoms with Crippen molar-refractivity contribution in [3.8, 4) is 11.5 Å². The van der Waals surface area contributed by atoms with Crippen molar-refractivity contribution in [3.63, 3.8) is 0 Å². The molecule has 3 rings (SSSR count). The Bertz CT molecular complexity index is 970. The van der Waals surface area contributed by atoms with E-state index in [0.717, 1.165) is 15.7 Å². The molecule has 0 aliphatic carbocycles. The second kappa shape index (κ2) is 8.88. The second-order valence-electron chi connectivity index (χ2n) is 6.20. The van der Waals surface area contributed by atoms with Gasteiger partial charge in [0.15, 0.2) is 11.5 Å². The van der Waals surface area contributed by atoms with Gasteiger partial charge >= 0.3 is 0 Å². The summed E-state index contributed by atoms with van der Waals surface area (Å²) in [4.78, 5) is 12.4. The smallest absolute Gasteiger partial charge is 0.230 e. The molecule has 1 N–H and O–H groups in total. The van der Waals surface area contributed by atoms with E-state index in [1.165, 1.54) is 0 Å². The molecule has 7 nitrogen and oxygen atoms in total. The van der Waals surface area contributed by atoms with E-state index in [0.29, 0.717) is 29.4 Å². The van der Waals surface area contributed by atoms with Gasteiger partial charge in [0.2, 0.25) is 5.91 Å². The van der Waals surface area contributed by atoms with Gasteiger partial charge in [-0.25, -0.2) is 4.68 Å². The van der Waals surface area contributed by atoms with Crippen molar-refractivity contribution in [3.05, 3.63) is 63.9 Å². The van der Waals surface area contributed by atoms with Gasteiger partial charge in [-0.15, -0.1) is 5.10 Å². The first kappa shape index (κ1) is 19.9. The Morgan fingerprint density at radius 2 is 1.82 bits per heavy atom. The van der Waals surface area contributed by atoms with Crippen LogP contribution < -0.4 is 14.8 Å². The number of carbonyl (C=O) groups excluding carboxylic acids is 1. The van der Waals surface area contributed by atoms with Crippen LogP contribution in [0.2, 0.25) is 0 Å². The lowest BCUT2D eigenvalue weighted by molar-refractivity contribution is -0.115. The number of aromatic nitrogens is 3. The van der Waals surface area contributed by atoms with Gasteiger partial charge in [-0.1, -0.05) is 33.3 Å². The number of hydrogen-bond donors (Lipinski definition) is 1. The number of carbonyl (C=O) groups is 1. The number of nitrogens with zero attached hydrogens (tertiary/aromatic N) is 3. The van der Waals surface area contributed by atoms with E-state index in [2.05, 4.69) is 31.6 Å². The number of nitrogens with one attached hydrogen (secondary N) is 1. The molecule has 0 aliphatic rings. The van der Waals surface area contributed by atoms with Gasteiger partial charge in [0.1, 0.15) is 0 Å². The molecule has 28 heavy (non-hydrogen) atoms. The van der Waals surface area contributed by atoms with E-state index in [-0.39, 0.29) is 12.3 Å². The first-order chi connectivity index (χ1) is 13.5. The predicted molar refractivity (Wildman–Crippen MR) is 110 cm³/mol. The first-order valence-electron chi connectivity index (χ1n) is 8.65. The minimum atomic E-state index is -0.175. The Kier molecular flexibility index (Phi) is 6.30. The normalized spacial score (nSPS) is 10.6. The zero-order chi connectivity index (χ0) is 20.1. The van der Waals surface area contributed by atoms with Gasteiger partial charge in [0.05, 0.1) is 38.6 Å². The van der Waals surface area contributed by atoms with Crippen LogP contribution in [0.5, 0.6) is 11.5 Å². The molecule has 1 amide bonds. The fourth-order valence-corrected chi connectivity index (χ4v) is 3.01. The summed E-state index contributed by atoms with van der Waals surface area (Å²) in [5, 5.41) is 11.2. The summed E-state index contributed by atoms with van der Waals surface area (Å²) in [7, 11) is 3.12. The highest BCUT2D eigenvalue weighted by atomic mass is 79.9. The molecule has 1 aromatic heterocycles. The number of rotatable bonds is 7. The van der Waals surface area contributed by atoms with Crippen LogP contribution in [0.15, 0.2) is 46.9 Å². The van der Waals surface area contributed by atoms with Crippen LogP contribution in [-0.4, -0.2) is 35.1 Å². The van der Waals surface area contributed by atoms with E-state index in [1.807, 2.05) is 31.2 Å². The molecule has 0 aliphatic heterocycles. The molecular weight excluding hydrogens is 424 g/mol. The standard InChI is InChI=1S/C20H21BrN4O3/c1-13-17(23-24-25(13)12-14-4-6-15(21)7-5-14)11-20(26)22-16-8-9-18(27-2)19(10-16)28-3/h4-10H,11-12H2,1-3H3,(H,22,26). The van der Waals surface area contributed by atoms with Crippen molar-refractivity contribution in [2.45, 2.75) is 19.9 Å². The molecule has 0 bridgehead atoms. The first-order valence-corrected chi connectivity index (χ1v) is 9.44.